The van der Waals surface area contributed by atoms with Gasteiger partial charge >= 0.3 is 0 Å². The summed E-state index contributed by atoms with van der Waals surface area (Å²) in [4.78, 5) is 10.6. The smallest absolute Gasteiger partial charge is 0.295 e. The van der Waals surface area contributed by atoms with Crippen LogP contribution in [0.1, 0.15) is 24.3 Å². The molecule has 0 fully saturated rings. The monoisotopic (exact) mass is 281 g/mol. The SMILES string of the molecule is Cc1nn(-c2ccc(C(C)O)cc2[N+](=O)[O-])cc1Cl. The van der Waals surface area contributed by atoms with Gasteiger partial charge < -0.3 is 5.11 Å². The van der Waals surface area contributed by atoms with Gasteiger partial charge in [0.2, 0.25) is 0 Å². The van der Waals surface area contributed by atoms with Gasteiger partial charge in [0.1, 0.15) is 5.69 Å². The third kappa shape index (κ3) is 2.59. The van der Waals surface area contributed by atoms with Gasteiger partial charge in [-0.25, -0.2) is 4.68 Å². The molecule has 2 rings (SSSR count). The van der Waals surface area contributed by atoms with Gasteiger partial charge in [-0.15, -0.1) is 0 Å². The Kier molecular flexibility index (Phi) is 3.55. The molecular weight excluding hydrogens is 270 g/mol. The van der Waals surface area contributed by atoms with Crippen LogP contribution in [-0.2, 0) is 0 Å². The summed E-state index contributed by atoms with van der Waals surface area (Å²) in [6.45, 7) is 3.27. The Morgan fingerprint density at radius 3 is 2.68 bits per heavy atom. The number of aromatic nitrogens is 2. The first kappa shape index (κ1) is 13.5. The number of hydrogen-bond donors (Lipinski definition) is 1. The van der Waals surface area contributed by atoms with Crippen molar-refractivity contribution in [1.29, 1.82) is 0 Å². The van der Waals surface area contributed by atoms with E-state index < -0.39 is 11.0 Å². The molecule has 0 amide bonds. The number of nitrogens with zero attached hydrogens (tertiary/aromatic N) is 3. The highest BCUT2D eigenvalue weighted by atomic mass is 35.5. The van der Waals surface area contributed by atoms with Gasteiger partial charge in [0.15, 0.2) is 0 Å². The first-order valence-electron chi connectivity index (χ1n) is 5.58. The summed E-state index contributed by atoms with van der Waals surface area (Å²) in [6.07, 6.45) is 0.747. The van der Waals surface area contributed by atoms with Gasteiger partial charge in [0, 0.05) is 12.3 Å². The highest BCUT2D eigenvalue weighted by molar-refractivity contribution is 6.31. The summed E-state index contributed by atoms with van der Waals surface area (Å²) >= 11 is 5.90. The summed E-state index contributed by atoms with van der Waals surface area (Å²) in [5.41, 5.74) is 1.25. The van der Waals surface area contributed by atoms with E-state index in [1.54, 1.807) is 26.0 Å². The molecule has 0 radical (unpaired) electrons. The number of halogens is 1. The lowest BCUT2D eigenvalue weighted by Gasteiger charge is -2.07. The van der Waals surface area contributed by atoms with Gasteiger partial charge in [0.25, 0.3) is 5.69 Å². The molecule has 0 aliphatic heterocycles. The van der Waals surface area contributed by atoms with Crippen molar-refractivity contribution >= 4 is 17.3 Å². The van der Waals surface area contributed by atoms with E-state index in [4.69, 9.17) is 11.6 Å². The number of nitro groups is 1. The van der Waals surface area contributed by atoms with Crippen molar-refractivity contribution in [1.82, 2.24) is 9.78 Å². The molecule has 0 aliphatic carbocycles. The maximum Gasteiger partial charge on any atom is 0.295 e. The van der Waals surface area contributed by atoms with Crippen molar-refractivity contribution in [2.75, 3.05) is 0 Å². The van der Waals surface area contributed by atoms with Crippen LogP contribution < -0.4 is 0 Å². The maximum absolute atomic E-state index is 11.1. The van der Waals surface area contributed by atoms with Crippen LogP contribution in [0, 0.1) is 17.0 Å². The predicted molar refractivity (Wildman–Crippen MR) is 70.6 cm³/mol. The van der Waals surface area contributed by atoms with Crippen LogP contribution in [0.2, 0.25) is 5.02 Å². The van der Waals surface area contributed by atoms with Crippen LogP contribution in [0.3, 0.4) is 0 Å². The molecule has 6 nitrogen and oxygen atoms in total. The van der Waals surface area contributed by atoms with Crippen molar-refractivity contribution in [2.24, 2.45) is 0 Å². The number of rotatable bonds is 3. The standard InChI is InChI=1S/C12H12ClN3O3/c1-7-10(13)6-15(14-7)11-4-3-9(8(2)17)5-12(11)16(18)19/h3-6,8,17H,1-2H3. The summed E-state index contributed by atoms with van der Waals surface area (Å²) in [6, 6.07) is 4.51. The second-order valence-corrected chi connectivity index (χ2v) is 4.60. The van der Waals surface area contributed by atoms with E-state index in [2.05, 4.69) is 5.10 Å². The fourth-order valence-corrected chi connectivity index (χ4v) is 1.83. The van der Waals surface area contributed by atoms with E-state index in [-0.39, 0.29) is 5.69 Å². The summed E-state index contributed by atoms with van der Waals surface area (Å²) < 4.78 is 1.36. The quantitative estimate of drug-likeness (QED) is 0.693. The molecule has 1 atom stereocenters. The molecule has 1 heterocycles. The summed E-state index contributed by atoms with van der Waals surface area (Å²) in [5, 5.41) is 25.1. The summed E-state index contributed by atoms with van der Waals surface area (Å²) in [5.74, 6) is 0. The Labute approximate surface area is 114 Å². The number of nitro benzene ring substituents is 1. The summed E-state index contributed by atoms with van der Waals surface area (Å²) in [7, 11) is 0. The van der Waals surface area contributed by atoms with Crippen molar-refractivity contribution in [3.05, 3.63) is 50.8 Å². The molecule has 0 aliphatic rings. The fourth-order valence-electron chi connectivity index (χ4n) is 1.70. The first-order chi connectivity index (χ1) is 8.90. The largest absolute Gasteiger partial charge is 0.389 e. The maximum atomic E-state index is 11.1. The van der Waals surface area contributed by atoms with Crippen LogP contribution in [0.4, 0.5) is 5.69 Å². The van der Waals surface area contributed by atoms with Crippen LogP contribution >= 0.6 is 11.6 Å². The number of aliphatic hydroxyl groups excluding tert-OH is 1. The van der Waals surface area contributed by atoms with Crippen molar-refractivity contribution < 1.29 is 10.0 Å². The van der Waals surface area contributed by atoms with Gasteiger partial charge in [-0.05, 0) is 25.5 Å². The predicted octanol–water partition coefficient (Wildman–Crippen LogP) is 2.80. The molecule has 1 N–H and O–H groups in total. The average Bonchev–Trinajstić information content (AvgIpc) is 2.68. The Balaban J connectivity index is 2.59. The van der Waals surface area contributed by atoms with E-state index in [0.717, 1.165) is 0 Å². The average molecular weight is 282 g/mol. The Morgan fingerprint density at radius 2 is 2.21 bits per heavy atom. The van der Waals surface area contributed by atoms with Crippen molar-refractivity contribution in [2.45, 2.75) is 20.0 Å². The highest BCUT2D eigenvalue weighted by Gasteiger charge is 2.19. The molecule has 100 valence electrons. The molecule has 2 aromatic rings. The zero-order valence-electron chi connectivity index (χ0n) is 10.4. The fraction of sp³-hybridized carbons (Fsp3) is 0.250. The number of aliphatic hydroxyl groups is 1. The van der Waals surface area contributed by atoms with Gasteiger partial charge in [-0.1, -0.05) is 17.7 Å². The lowest BCUT2D eigenvalue weighted by atomic mass is 10.1. The molecule has 0 saturated heterocycles. The Bertz CT molecular complexity index is 618. The molecule has 1 unspecified atom stereocenters. The molecule has 19 heavy (non-hydrogen) atoms. The molecule has 1 aromatic heterocycles. The number of benzene rings is 1. The van der Waals surface area contributed by atoms with E-state index >= 15 is 0 Å². The van der Waals surface area contributed by atoms with Crippen LogP contribution in [-0.4, -0.2) is 19.8 Å². The molecule has 0 bridgehead atoms. The zero-order chi connectivity index (χ0) is 14.2. The Hall–Kier alpha value is -1.92. The van der Waals surface area contributed by atoms with Crippen LogP contribution in [0.15, 0.2) is 24.4 Å². The number of aryl methyl sites for hydroxylation is 1. The zero-order valence-corrected chi connectivity index (χ0v) is 11.1. The second-order valence-electron chi connectivity index (χ2n) is 4.19. The molecule has 0 spiro atoms. The minimum absolute atomic E-state index is 0.127. The van der Waals surface area contributed by atoms with Crippen LogP contribution in [0.25, 0.3) is 5.69 Å². The van der Waals surface area contributed by atoms with Gasteiger partial charge in [-0.3, -0.25) is 10.1 Å². The topological polar surface area (TPSA) is 81.2 Å². The molecule has 7 heteroatoms. The molecule has 1 aromatic carbocycles. The van der Waals surface area contributed by atoms with Gasteiger partial charge in [-0.2, -0.15) is 5.10 Å². The second kappa shape index (κ2) is 4.99. The lowest BCUT2D eigenvalue weighted by molar-refractivity contribution is -0.384. The van der Waals surface area contributed by atoms with Crippen LogP contribution in [0.5, 0.6) is 0 Å². The van der Waals surface area contributed by atoms with Crippen molar-refractivity contribution in [3.63, 3.8) is 0 Å². The first-order valence-corrected chi connectivity index (χ1v) is 5.96. The minimum Gasteiger partial charge on any atom is -0.389 e. The number of hydrogen-bond acceptors (Lipinski definition) is 4. The third-order valence-electron chi connectivity index (χ3n) is 2.76. The van der Waals surface area contributed by atoms with Crippen molar-refractivity contribution in [3.8, 4) is 5.69 Å². The van der Waals surface area contributed by atoms with E-state index in [9.17, 15) is 15.2 Å². The van der Waals surface area contributed by atoms with E-state index in [1.165, 1.54) is 16.9 Å². The minimum atomic E-state index is -0.768. The molecular formula is C12H12ClN3O3. The third-order valence-corrected chi connectivity index (χ3v) is 3.14. The van der Waals surface area contributed by atoms with E-state index in [1.807, 2.05) is 0 Å². The highest BCUT2D eigenvalue weighted by Crippen LogP contribution is 2.28. The normalized spacial score (nSPS) is 12.4. The van der Waals surface area contributed by atoms with Gasteiger partial charge in [0.05, 0.1) is 21.7 Å². The lowest BCUT2D eigenvalue weighted by Crippen LogP contribution is -2.03. The van der Waals surface area contributed by atoms with E-state index in [0.29, 0.717) is 22.0 Å². The molecule has 0 saturated carbocycles. The Morgan fingerprint density at radius 1 is 1.53 bits per heavy atom.